The number of carbonyl (C=O) groups excluding carboxylic acids is 1. The maximum absolute atomic E-state index is 12.4. The van der Waals surface area contributed by atoms with Gasteiger partial charge >= 0.3 is 13.8 Å². The van der Waals surface area contributed by atoms with Gasteiger partial charge in [-0.25, -0.2) is 9.36 Å². The molecule has 0 radical (unpaired) electrons. The van der Waals surface area contributed by atoms with Crippen molar-refractivity contribution in [3.05, 3.63) is 11.8 Å². The van der Waals surface area contributed by atoms with Crippen LogP contribution < -0.4 is 0 Å². The summed E-state index contributed by atoms with van der Waals surface area (Å²) in [7, 11) is -0.246. The molecule has 2 aliphatic heterocycles. The summed E-state index contributed by atoms with van der Waals surface area (Å²) in [4.78, 5) is 12.4. The Bertz CT molecular complexity index is 608. The first-order chi connectivity index (χ1) is 12.5. The van der Waals surface area contributed by atoms with Gasteiger partial charge in [-0.2, -0.15) is 0 Å². The Morgan fingerprint density at radius 2 is 1.78 bits per heavy atom. The molecule has 2 heterocycles. The van der Waals surface area contributed by atoms with E-state index in [0.29, 0.717) is 0 Å². The SMILES string of the molecule is CO[C@@H]1[C@H]2OC(C)(C)O[C@H]2O[C@@H]1/C=C(\OP(=O)(OC)OC)C(=O)OC(C)C. The number of carbonyl (C=O) groups is 1. The molecule has 10 nitrogen and oxygen atoms in total. The fraction of sp³-hybridized carbons (Fsp3) is 0.812. The van der Waals surface area contributed by atoms with E-state index < -0.39 is 50.3 Å². The van der Waals surface area contributed by atoms with Crippen molar-refractivity contribution in [3.63, 3.8) is 0 Å². The molecule has 0 aromatic heterocycles. The molecule has 0 aromatic carbocycles. The third-order valence-electron chi connectivity index (χ3n) is 3.82. The summed E-state index contributed by atoms with van der Waals surface area (Å²) in [6.45, 7) is 6.85. The second kappa shape index (κ2) is 8.57. The van der Waals surface area contributed by atoms with Crippen LogP contribution in [0.5, 0.6) is 0 Å². The van der Waals surface area contributed by atoms with Gasteiger partial charge in [-0.05, 0) is 33.8 Å². The molecule has 2 fully saturated rings. The second-order valence-electron chi connectivity index (χ2n) is 6.66. The highest BCUT2D eigenvalue weighted by molar-refractivity contribution is 7.48. The highest BCUT2D eigenvalue weighted by Gasteiger charge is 2.55. The van der Waals surface area contributed by atoms with Crippen LogP contribution in [0.3, 0.4) is 0 Å². The van der Waals surface area contributed by atoms with E-state index in [4.69, 9.17) is 37.3 Å². The summed E-state index contributed by atoms with van der Waals surface area (Å²) in [5, 5.41) is 0. The predicted molar refractivity (Wildman–Crippen MR) is 91.5 cm³/mol. The fourth-order valence-corrected chi connectivity index (χ4v) is 3.41. The number of phosphoric acid groups is 1. The zero-order valence-electron chi connectivity index (χ0n) is 16.5. The van der Waals surface area contributed by atoms with Crippen molar-refractivity contribution in [2.45, 2.75) is 64.2 Å². The van der Waals surface area contributed by atoms with Gasteiger partial charge in [0, 0.05) is 21.3 Å². The summed E-state index contributed by atoms with van der Waals surface area (Å²) >= 11 is 0. The first-order valence-corrected chi connectivity index (χ1v) is 9.88. The zero-order valence-corrected chi connectivity index (χ0v) is 17.4. The van der Waals surface area contributed by atoms with Gasteiger partial charge in [0.25, 0.3) is 0 Å². The lowest BCUT2D eigenvalue weighted by atomic mass is 10.1. The van der Waals surface area contributed by atoms with Crippen LogP contribution in [0, 0.1) is 0 Å². The topological polar surface area (TPSA) is 108 Å². The normalized spacial score (nSPS) is 30.4. The standard InChI is InChI=1S/C16H27O10P/c1-9(2)22-14(17)11(26-27(18,20-6)21-7)8-10-12(19-5)13-15(23-10)25-16(3,4)24-13/h8-10,12-13,15H,1-7H3/b11-8-/t10-,12+,13-,15-/m1/s1. The predicted octanol–water partition coefficient (Wildman–Crippen LogP) is 2.13. The number of ether oxygens (including phenoxy) is 5. The second-order valence-corrected chi connectivity index (χ2v) is 8.47. The molecule has 0 amide bonds. The van der Waals surface area contributed by atoms with Crippen molar-refractivity contribution >= 4 is 13.8 Å². The lowest BCUT2D eigenvalue weighted by Crippen LogP contribution is -2.35. The Balaban J connectivity index is 2.27. The molecule has 0 saturated carbocycles. The Morgan fingerprint density at radius 1 is 1.15 bits per heavy atom. The van der Waals surface area contributed by atoms with Crippen LogP contribution in [-0.2, 0) is 46.6 Å². The number of hydrogen-bond donors (Lipinski definition) is 0. The average Bonchev–Trinajstić information content (AvgIpc) is 3.03. The van der Waals surface area contributed by atoms with E-state index in [-0.39, 0.29) is 5.76 Å². The van der Waals surface area contributed by atoms with E-state index in [0.717, 1.165) is 14.2 Å². The number of fused-ring (bicyclic) bond motifs is 1. The first kappa shape index (κ1) is 22.3. The van der Waals surface area contributed by atoms with Gasteiger partial charge in [-0.15, -0.1) is 0 Å². The molecule has 0 N–H and O–H groups in total. The quantitative estimate of drug-likeness (QED) is 0.255. The Morgan fingerprint density at radius 3 is 2.30 bits per heavy atom. The molecule has 0 aliphatic carbocycles. The Hall–Kier alpha value is -1.00. The molecule has 2 saturated heterocycles. The van der Waals surface area contributed by atoms with Crippen molar-refractivity contribution < 1.29 is 46.6 Å². The average molecular weight is 410 g/mol. The molecule has 4 atom stereocenters. The number of hydrogen-bond acceptors (Lipinski definition) is 10. The van der Waals surface area contributed by atoms with E-state index >= 15 is 0 Å². The van der Waals surface area contributed by atoms with Crippen LogP contribution in [0.4, 0.5) is 0 Å². The lowest BCUT2D eigenvalue weighted by Gasteiger charge is -2.24. The summed E-state index contributed by atoms with van der Waals surface area (Å²) < 4.78 is 54.8. The van der Waals surface area contributed by atoms with Crippen molar-refractivity contribution in [2.24, 2.45) is 0 Å². The molecule has 0 aromatic rings. The monoisotopic (exact) mass is 410 g/mol. The smallest absolute Gasteiger partial charge is 0.457 e. The molecule has 2 rings (SSSR count). The van der Waals surface area contributed by atoms with Gasteiger partial charge < -0.3 is 28.2 Å². The molecule has 11 heteroatoms. The van der Waals surface area contributed by atoms with E-state index in [9.17, 15) is 9.36 Å². The van der Waals surface area contributed by atoms with Crippen LogP contribution in [0.2, 0.25) is 0 Å². The lowest BCUT2D eigenvalue weighted by molar-refractivity contribution is -0.211. The Kier molecular flexibility index (Phi) is 7.07. The highest BCUT2D eigenvalue weighted by atomic mass is 31.2. The maximum Gasteiger partial charge on any atom is 0.529 e. The molecule has 27 heavy (non-hydrogen) atoms. The summed E-state index contributed by atoms with van der Waals surface area (Å²) in [6, 6.07) is 0. The summed E-state index contributed by atoms with van der Waals surface area (Å²) in [5.41, 5.74) is 0. The third-order valence-corrected chi connectivity index (χ3v) is 5.13. The van der Waals surface area contributed by atoms with Crippen LogP contribution in [0.15, 0.2) is 11.8 Å². The van der Waals surface area contributed by atoms with Gasteiger partial charge in [0.05, 0.1) is 6.10 Å². The highest BCUT2D eigenvalue weighted by Crippen LogP contribution is 2.50. The van der Waals surface area contributed by atoms with E-state index in [1.807, 2.05) is 0 Å². The molecular weight excluding hydrogens is 383 g/mol. The fourth-order valence-electron chi connectivity index (χ4n) is 2.73. The summed E-state index contributed by atoms with van der Waals surface area (Å²) in [6.07, 6.45) is -1.70. The largest absolute Gasteiger partial charge is 0.529 e. The van der Waals surface area contributed by atoms with Gasteiger partial charge in [0.1, 0.15) is 18.3 Å². The Labute approximate surface area is 158 Å². The molecular formula is C16H27O10P. The van der Waals surface area contributed by atoms with Gasteiger partial charge in [-0.3, -0.25) is 9.05 Å². The van der Waals surface area contributed by atoms with E-state index in [1.165, 1.54) is 13.2 Å². The summed E-state index contributed by atoms with van der Waals surface area (Å²) in [5.74, 6) is -2.06. The number of esters is 1. The van der Waals surface area contributed by atoms with Crippen molar-refractivity contribution in [1.29, 1.82) is 0 Å². The molecule has 0 spiro atoms. The van der Waals surface area contributed by atoms with Gasteiger partial charge in [-0.1, -0.05) is 0 Å². The van der Waals surface area contributed by atoms with Crippen LogP contribution in [0.1, 0.15) is 27.7 Å². The van der Waals surface area contributed by atoms with Gasteiger partial charge in [0.15, 0.2) is 12.1 Å². The third kappa shape index (κ3) is 5.29. The van der Waals surface area contributed by atoms with Crippen molar-refractivity contribution in [2.75, 3.05) is 21.3 Å². The molecule has 156 valence electrons. The van der Waals surface area contributed by atoms with E-state index in [2.05, 4.69) is 0 Å². The molecule has 0 bridgehead atoms. The first-order valence-electron chi connectivity index (χ1n) is 8.42. The minimum absolute atomic E-state index is 0.387. The number of methoxy groups -OCH3 is 1. The number of phosphoric ester groups is 1. The van der Waals surface area contributed by atoms with Crippen LogP contribution in [0.25, 0.3) is 0 Å². The zero-order chi connectivity index (χ0) is 20.4. The van der Waals surface area contributed by atoms with Gasteiger partial charge in [0.2, 0.25) is 5.76 Å². The molecule has 0 unspecified atom stereocenters. The van der Waals surface area contributed by atoms with Crippen molar-refractivity contribution in [1.82, 2.24) is 0 Å². The molecule has 2 aliphatic rings. The minimum atomic E-state index is -3.99. The maximum atomic E-state index is 12.4. The van der Waals surface area contributed by atoms with E-state index in [1.54, 1.807) is 27.7 Å². The van der Waals surface area contributed by atoms with Crippen LogP contribution in [-0.4, -0.2) is 63.8 Å². The van der Waals surface area contributed by atoms with Crippen LogP contribution >= 0.6 is 7.82 Å². The number of rotatable bonds is 8. The van der Waals surface area contributed by atoms with Crippen molar-refractivity contribution in [3.8, 4) is 0 Å². The minimum Gasteiger partial charge on any atom is -0.457 e.